The lowest BCUT2D eigenvalue weighted by Gasteiger charge is -2.09. The minimum Gasteiger partial charge on any atom is -0.484 e. The molecule has 0 atom stereocenters. The zero-order valence-corrected chi connectivity index (χ0v) is 16.0. The monoisotopic (exact) mass is 420 g/mol. The molecule has 6 nitrogen and oxygen atoms in total. The fourth-order valence-electron chi connectivity index (χ4n) is 2.14. The lowest BCUT2D eigenvalue weighted by Crippen LogP contribution is -2.25. The lowest BCUT2D eigenvalue weighted by atomic mass is 10.2. The fraction of sp³-hybridized carbons (Fsp3) is 0.263. The van der Waals surface area contributed by atoms with E-state index in [2.05, 4.69) is 26.6 Å². The van der Waals surface area contributed by atoms with E-state index in [0.717, 1.165) is 10.9 Å². The standard InChI is InChI=1S/C19H21BrN2O4/c1-25-11-3-10-21-19(24)14-4-2-5-16(12-14)22-18(23)13-26-17-8-6-15(20)7-9-17/h2,4-9,12H,3,10-11,13H2,1H3,(H,21,24)(H,22,23). The van der Waals surface area contributed by atoms with E-state index < -0.39 is 0 Å². The van der Waals surface area contributed by atoms with Crippen LogP contribution in [0.3, 0.4) is 0 Å². The van der Waals surface area contributed by atoms with E-state index in [1.165, 1.54) is 0 Å². The van der Waals surface area contributed by atoms with Crippen LogP contribution in [0.2, 0.25) is 0 Å². The van der Waals surface area contributed by atoms with Gasteiger partial charge in [0, 0.05) is 36.0 Å². The Balaban J connectivity index is 1.83. The van der Waals surface area contributed by atoms with Crippen molar-refractivity contribution < 1.29 is 19.1 Å². The van der Waals surface area contributed by atoms with Gasteiger partial charge in [-0.2, -0.15) is 0 Å². The average molecular weight is 421 g/mol. The molecule has 2 aromatic carbocycles. The zero-order valence-electron chi connectivity index (χ0n) is 14.5. The maximum Gasteiger partial charge on any atom is 0.262 e. The molecule has 0 aliphatic rings. The van der Waals surface area contributed by atoms with Gasteiger partial charge < -0.3 is 20.1 Å². The predicted octanol–water partition coefficient (Wildman–Crippen LogP) is 3.23. The third-order valence-corrected chi connectivity index (χ3v) is 3.93. The molecule has 0 radical (unpaired) electrons. The number of carbonyl (C=O) groups excluding carboxylic acids is 2. The maximum absolute atomic E-state index is 12.1. The summed E-state index contributed by atoms with van der Waals surface area (Å²) < 4.78 is 11.3. The summed E-state index contributed by atoms with van der Waals surface area (Å²) in [6.45, 7) is 1.01. The SMILES string of the molecule is COCCCNC(=O)c1cccc(NC(=O)COc2ccc(Br)cc2)c1. The number of nitrogens with one attached hydrogen (secondary N) is 2. The number of hydrogen-bond acceptors (Lipinski definition) is 4. The highest BCUT2D eigenvalue weighted by Crippen LogP contribution is 2.16. The highest BCUT2D eigenvalue weighted by molar-refractivity contribution is 9.10. The van der Waals surface area contributed by atoms with Gasteiger partial charge in [-0.05, 0) is 48.9 Å². The molecule has 0 spiro atoms. The van der Waals surface area contributed by atoms with Crippen molar-refractivity contribution in [1.29, 1.82) is 0 Å². The lowest BCUT2D eigenvalue weighted by molar-refractivity contribution is -0.118. The van der Waals surface area contributed by atoms with Crippen molar-refractivity contribution in [3.63, 3.8) is 0 Å². The number of methoxy groups -OCH3 is 1. The molecule has 2 N–H and O–H groups in total. The molecule has 0 saturated carbocycles. The molecule has 0 aromatic heterocycles. The number of halogens is 1. The van der Waals surface area contributed by atoms with Crippen molar-refractivity contribution in [1.82, 2.24) is 5.32 Å². The predicted molar refractivity (Wildman–Crippen MR) is 104 cm³/mol. The summed E-state index contributed by atoms with van der Waals surface area (Å²) in [6.07, 6.45) is 0.742. The Kier molecular flexibility index (Phi) is 8.11. The third kappa shape index (κ3) is 6.85. The molecule has 2 rings (SSSR count). The van der Waals surface area contributed by atoms with Crippen LogP contribution in [0.25, 0.3) is 0 Å². The first-order valence-electron chi connectivity index (χ1n) is 8.14. The summed E-state index contributed by atoms with van der Waals surface area (Å²) in [4.78, 5) is 24.1. The molecule has 0 unspecified atom stereocenters. The van der Waals surface area contributed by atoms with Crippen LogP contribution in [0.1, 0.15) is 16.8 Å². The first-order valence-corrected chi connectivity index (χ1v) is 8.93. The van der Waals surface area contributed by atoms with Gasteiger partial charge in [0.15, 0.2) is 6.61 Å². The molecule has 138 valence electrons. The van der Waals surface area contributed by atoms with Gasteiger partial charge in [0.1, 0.15) is 5.75 Å². The van der Waals surface area contributed by atoms with Crippen molar-refractivity contribution in [3.8, 4) is 5.75 Å². The molecule has 0 bridgehead atoms. The van der Waals surface area contributed by atoms with Gasteiger partial charge in [0.2, 0.25) is 0 Å². The minimum absolute atomic E-state index is 0.116. The van der Waals surface area contributed by atoms with Crippen molar-refractivity contribution in [2.75, 3.05) is 32.2 Å². The van der Waals surface area contributed by atoms with Gasteiger partial charge in [-0.1, -0.05) is 22.0 Å². The molecular formula is C19H21BrN2O4. The Morgan fingerprint density at radius 1 is 1.12 bits per heavy atom. The first-order chi connectivity index (χ1) is 12.6. The van der Waals surface area contributed by atoms with Crippen molar-refractivity contribution >= 4 is 33.4 Å². The number of hydrogen-bond donors (Lipinski definition) is 2. The Hall–Kier alpha value is -2.38. The summed E-state index contributed by atoms with van der Waals surface area (Å²) in [7, 11) is 1.62. The highest BCUT2D eigenvalue weighted by atomic mass is 79.9. The van der Waals surface area contributed by atoms with Gasteiger partial charge in [-0.3, -0.25) is 9.59 Å². The molecule has 0 saturated heterocycles. The van der Waals surface area contributed by atoms with Gasteiger partial charge in [0.25, 0.3) is 11.8 Å². The summed E-state index contributed by atoms with van der Waals surface area (Å²) in [6, 6.07) is 14.0. The van der Waals surface area contributed by atoms with Gasteiger partial charge >= 0.3 is 0 Å². The van der Waals surface area contributed by atoms with Crippen LogP contribution in [-0.2, 0) is 9.53 Å². The molecule has 0 fully saturated rings. The molecule has 2 aromatic rings. The van der Waals surface area contributed by atoms with E-state index in [1.54, 1.807) is 43.5 Å². The number of amides is 2. The van der Waals surface area contributed by atoms with Crippen LogP contribution in [-0.4, -0.2) is 38.7 Å². The number of carbonyl (C=O) groups is 2. The number of benzene rings is 2. The van der Waals surface area contributed by atoms with Crippen LogP contribution in [0.4, 0.5) is 5.69 Å². The smallest absolute Gasteiger partial charge is 0.262 e. The van der Waals surface area contributed by atoms with Gasteiger partial charge in [-0.15, -0.1) is 0 Å². The molecule has 2 amide bonds. The van der Waals surface area contributed by atoms with Crippen molar-refractivity contribution in [2.24, 2.45) is 0 Å². The first kappa shape index (κ1) is 19.9. The highest BCUT2D eigenvalue weighted by Gasteiger charge is 2.08. The zero-order chi connectivity index (χ0) is 18.8. The van der Waals surface area contributed by atoms with Crippen LogP contribution in [0.15, 0.2) is 53.0 Å². The van der Waals surface area contributed by atoms with Gasteiger partial charge in [-0.25, -0.2) is 0 Å². The van der Waals surface area contributed by atoms with E-state index in [-0.39, 0.29) is 18.4 Å². The maximum atomic E-state index is 12.1. The second kappa shape index (κ2) is 10.6. The van der Waals surface area contributed by atoms with E-state index in [1.807, 2.05) is 12.1 Å². The quantitative estimate of drug-likeness (QED) is 0.610. The number of ether oxygens (including phenoxy) is 2. The largest absolute Gasteiger partial charge is 0.484 e. The van der Waals surface area contributed by atoms with Crippen LogP contribution < -0.4 is 15.4 Å². The summed E-state index contributed by atoms with van der Waals surface area (Å²) in [5.74, 6) is 0.112. The van der Waals surface area contributed by atoms with Crippen molar-refractivity contribution in [3.05, 3.63) is 58.6 Å². The Morgan fingerprint density at radius 2 is 1.88 bits per heavy atom. The van der Waals surface area contributed by atoms with Crippen LogP contribution in [0.5, 0.6) is 5.75 Å². The Morgan fingerprint density at radius 3 is 2.62 bits per heavy atom. The second-order valence-electron chi connectivity index (χ2n) is 5.47. The molecule has 7 heteroatoms. The molecular weight excluding hydrogens is 400 g/mol. The summed E-state index contributed by atoms with van der Waals surface area (Å²) in [5.41, 5.74) is 1.02. The normalized spacial score (nSPS) is 10.2. The Labute approximate surface area is 161 Å². The molecule has 0 aliphatic carbocycles. The van der Waals surface area contributed by atoms with E-state index >= 15 is 0 Å². The second-order valence-corrected chi connectivity index (χ2v) is 6.39. The topological polar surface area (TPSA) is 76.7 Å². The van der Waals surface area contributed by atoms with E-state index in [9.17, 15) is 9.59 Å². The van der Waals surface area contributed by atoms with Crippen LogP contribution >= 0.6 is 15.9 Å². The molecule has 26 heavy (non-hydrogen) atoms. The summed E-state index contributed by atoms with van der Waals surface area (Å²) in [5, 5.41) is 5.53. The Bertz CT molecular complexity index is 735. The van der Waals surface area contributed by atoms with Crippen molar-refractivity contribution in [2.45, 2.75) is 6.42 Å². The molecule has 0 aliphatic heterocycles. The van der Waals surface area contributed by atoms with E-state index in [0.29, 0.717) is 30.2 Å². The molecule has 0 heterocycles. The third-order valence-electron chi connectivity index (χ3n) is 3.40. The number of rotatable bonds is 9. The fourth-order valence-corrected chi connectivity index (χ4v) is 2.40. The number of anilines is 1. The summed E-state index contributed by atoms with van der Waals surface area (Å²) >= 11 is 3.34. The minimum atomic E-state index is -0.300. The van der Waals surface area contributed by atoms with Gasteiger partial charge in [0.05, 0.1) is 0 Å². The van der Waals surface area contributed by atoms with Crippen LogP contribution in [0, 0.1) is 0 Å². The van der Waals surface area contributed by atoms with E-state index in [4.69, 9.17) is 9.47 Å². The average Bonchev–Trinajstić information content (AvgIpc) is 2.65.